The molecule has 2 N–H and O–H groups in total. The molecular formula is C31H55N2O13+. The summed E-state index contributed by atoms with van der Waals surface area (Å²) in [6, 6.07) is -1.75. The van der Waals surface area contributed by atoms with Gasteiger partial charge in [-0.05, 0) is 90.0 Å². The monoisotopic (exact) mass is 663 g/mol. The molecular weight excluding hydrogens is 608 g/mol. The van der Waals surface area contributed by atoms with E-state index in [2.05, 4.69) is 6.72 Å². The number of carboxylic acid groups (broad SMARTS) is 2. The molecule has 0 aliphatic heterocycles. The molecule has 0 rings (SSSR count). The van der Waals surface area contributed by atoms with Crippen molar-refractivity contribution in [1.82, 2.24) is 4.90 Å². The van der Waals surface area contributed by atoms with Crippen LogP contribution >= 0.6 is 0 Å². The third-order valence-electron chi connectivity index (χ3n) is 4.64. The molecule has 0 aromatic heterocycles. The van der Waals surface area contributed by atoms with Gasteiger partial charge >= 0.3 is 36.1 Å². The Morgan fingerprint density at radius 3 is 1.30 bits per heavy atom. The molecule has 0 saturated carbocycles. The molecule has 0 aliphatic carbocycles. The number of carbonyl (C=O) groups excluding carboxylic acids is 5. The molecule has 15 nitrogen and oxygen atoms in total. The molecule has 15 heteroatoms. The van der Waals surface area contributed by atoms with Crippen LogP contribution < -0.4 is 0 Å². The Labute approximate surface area is 272 Å². The number of carbonyl (C=O) groups is 7. The fourth-order valence-electron chi connectivity index (χ4n) is 2.49. The highest BCUT2D eigenvalue weighted by Gasteiger charge is 2.33. The molecule has 0 aromatic rings. The van der Waals surface area contributed by atoms with Crippen LogP contribution in [0.2, 0.25) is 0 Å². The number of ketones is 1. The van der Waals surface area contributed by atoms with Crippen LogP contribution in [0.3, 0.4) is 0 Å². The molecule has 0 fully saturated rings. The first-order valence-electron chi connectivity index (χ1n) is 14.4. The summed E-state index contributed by atoms with van der Waals surface area (Å²) in [7, 11) is 1.46. The van der Waals surface area contributed by atoms with Gasteiger partial charge in [0.2, 0.25) is 0 Å². The Morgan fingerprint density at radius 1 is 0.652 bits per heavy atom. The summed E-state index contributed by atoms with van der Waals surface area (Å²) in [6.07, 6.45) is -2.29. The van der Waals surface area contributed by atoms with Gasteiger partial charge in [-0.2, -0.15) is 4.79 Å². The molecule has 0 bridgehead atoms. The molecule has 0 unspecified atom stereocenters. The summed E-state index contributed by atoms with van der Waals surface area (Å²) in [5, 5.41) is 16.8. The fourth-order valence-corrected chi connectivity index (χ4v) is 2.49. The summed E-state index contributed by atoms with van der Waals surface area (Å²) < 4.78 is 20.7. The highest BCUT2D eigenvalue weighted by atomic mass is 16.6. The smallest absolute Gasteiger partial charge is 0.481 e. The molecule has 0 aromatic carbocycles. The van der Waals surface area contributed by atoms with Crippen molar-refractivity contribution in [2.75, 3.05) is 7.05 Å². The van der Waals surface area contributed by atoms with Gasteiger partial charge in [-0.15, -0.1) is 4.58 Å². The predicted molar refractivity (Wildman–Crippen MR) is 168 cm³/mol. The number of ether oxygens (including phenoxy) is 4. The average Bonchev–Trinajstić information content (AvgIpc) is 2.77. The Balaban J connectivity index is -0.000000642. The van der Waals surface area contributed by atoms with Crippen LogP contribution in [0.15, 0.2) is 0 Å². The van der Waals surface area contributed by atoms with Gasteiger partial charge in [-0.25, -0.2) is 9.59 Å². The van der Waals surface area contributed by atoms with Gasteiger partial charge in [0.1, 0.15) is 42.0 Å². The molecule has 266 valence electrons. The van der Waals surface area contributed by atoms with E-state index in [1.54, 1.807) is 90.0 Å². The number of aliphatic carboxylic acids is 2. The van der Waals surface area contributed by atoms with E-state index in [4.69, 9.17) is 29.2 Å². The number of rotatable bonds is 8. The van der Waals surface area contributed by atoms with Crippen molar-refractivity contribution in [1.29, 1.82) is 0 Å². The van der Waals surface area contributed by atoms with Crippen LogP contribution in [0.4, 0.5) is 9.59 Å². The number of carboxylic acids is 2. The Morgan fingerprint density at radius 2 is 1.00 bits per heavy atom. The number of amides is 2. The van der Waals surface area contributed by atoms with Gasteiger partial charge in [0.05, 0.1) is 6.04 Å². The maximum Gasteiger partial charge on any atom is 0.597 e. The highest BCUT2D eigenvalue weighted by Crippen LogP contribution is 2.14. The molecule has 0 saturated heterocycles. The van der Waals surface area contributed by atoms with Gasteiger partial charge in [0.25, 0.3) is 6.04 Å². The van der Waals surface area contributed by atoms with Crippen molar-refractivity contribution in [3.63, 3.8) is 0 Å². The van der Waals surface area contributed by atoms with E-state index in [1.165, 1.54) is 18.9 Å². The third kappa shape index (κ3) is 26.4. The number of nitrogens with zero attached hydrogens (tertiary/aromatic N) is 2. The van der Waals surface area contributed by atoms with Crippen molar-refractivity contribution < 1.29 is 67.3 Å². The van der Waals surface area contributed by atoms with Gasteiger partial charge in [-0.1, -0.05) is 0 Å². The molecule has 46 heavy (non-hydrogen) atoms. The van der Waals surface area contributed by atoms with Crippen LogP contribution in [0.25, 0.3) is 0 Å². The predicted octanol–water partition coefficient (Wildman–Crippen LogP) is 4.45. The quantitative estimate of drug-likeness (QED) is 0.121. The van der Waals surface area contributed by atoms with Crippen LogP contribution in [-0.2, 0) is 42.9 Å². The van der Waals surface area contributed by atoms with E-state index in [9.17, 15) is 33.6 Å². The van der Waals surface area contributed by atoms with Gasteiger partial charge in [0.15, 0.2) is 5.78 Å². The van der Waals surface area contributed by atoms with E-state index in [1.807, 2.05) is 0 Å². The molecule has 0 radical (unpaired) electrons. The van der Waals surface area contributed by atoms with Gasteiger partial charge < -0.3 is 34.1 Å². The summed E-state index contributed by atoms with van der Waals surface area (Å²) in [6.45, 7) is 26.8. The maximum absolute atomic E-state index is 12.0. The van der Waals surface area contributed by atoms with Crippen molar-refractivity contribution in [2.45, 2.75) is 144 Å². The largest absolute Gasteiger partial charge is 0.597 e. The molecule has 0 spiro atoms. The van der Waals surface area contributed by atoms with Crippen molar-refractivity contribution in [3.05, 3.63) is 0 Å². The topological polar surface area (TPSA) is 203 Å². The van der Waals surface area contributed by atoms with E-state index in [-0.39, 0.29) is 6.42 Å². The number of hydrogen-bond acceptors (Lipinski definition) is 11. The summed E-state index contributed by atoms with van der Waals surface area (Å²) in [5.41, 5.74) is -2.53. The second-order valence-electron chi connectivity index (χ2n) is 14.1. The third-order valence-corrected chi connectivity index (χ3v) is 4.64. The van der Waals surface area contributed by atoms with Crippen LogP contribution in [-0.4, -0.2) is 110 Å². The van der Waals surface area contributed by atoms with Gasteiger partial charge in [0, 0.05) is 14.0 Å². The summed E-state index contributed by atoms with van der Waals surface area (Å²) in [4.78, 5) is 79.1. The second-order valence-corrected chi connectivity index (χ2v) is 14.1. The van der Waals surface area contributed by atoms with Crippen LogP contribution in [0.1, 0.15) is 110 Å². The van der Waals surface area contributed by atoms with E-state index in [0.717, 1.165) is 4.58 Å². The lowest BCUT2D eigenvalue weighted by molar-refractivity contribution is -0.468. The molecule has 0 aliphatic rings. The molecule has 2 atom stereocenters. The minimum atomic E-state index is -1.17. The minimum absolute atomic E-state index is 0.369. The zero-order valence-corrected chi connectivity index (χ0v) is 30.1. The van der Waals surface area contributed by atoms with E-state index in [0.29, 0.717) is 0 Å². The van der Waals surface area contributed by atoms with Crippen molar-refractivity contribution in [2.24, 2.45) is 0 Å². The normalized spacial score (nSPS) is 12.7. The van der Waals surface area contributed by atoms with Crippen LogP contribution in [0, 0.1) is 0 Å². The van der Waals surface area contributed by atoms with Crippen LogP contribution in [0.5, 0.6) is 0 Å². The molecule has 0 heterocycles. The van der Waals surface area contributed by atoms with Crippen molar-refractivity contribution >= 4 is 48.6 Å². The number of Topliss-reactive ketones (excluding diaryl/α,β-unsaturated/α-hetero) is 1. The number of hydrogen-bond donors (Lipinski definition) is 2. The Hall–Kier alpha value is -4.04. The molecule has 2 amide bonds. The first-order chi connectivity index (χ1) is 20.2. The Kier molecular flexibility index (Phi) is 19.0. The number of esters is 2. The first-order valence-corrected chi connectivity index (χ1v) is 14.4. The lowest BCUT2D eigenvalue weighted by atomic mass is 10.1. The van der Waals surface area contributed by atoms with E-state index >= 15 is 0 Å². The summed E-state index contributed by atoms with van der Waals surface area (Å²) >= 11 is 0. The van der Waals surface area contributed by atoms with Gasteiger partial charge in [-0.3, -0.25) is 19.2 Å². The maximum atomic E-state index is 12.0. The summed E-state index contributed by atoms with van der Waals surface area (Å²) in [5.74, 6) is -3.98. The average molecular weight is 664 g/mol. The van der Waals surface area contributed by atoms with Crippen molar-refractivity contribution in [3.8, 4) is 0 Å². The highest BCUT2D eigenvalue weighted by molar-refractivity contribution is 5.99. The zero-order chi connectivity index (χ0) is 37.6. The minimum Gasteiger partial charge on any atom is -0.481 e. The first kappa shape index (κ1) is 46.4. The fraction of sp³-hybridized carbons (Fsp3) is 0.742. The standard InChI is InChI=1S/C15H27NO5.C9H15NO4.C7H12O4/c1-10(16(8)13(19)21-15(5,6)7)11(17)9-12(18)20-14(2,3)4;1-6(7(11)12)10(5)8(13)14-9(2,3)4;1-7(2,3)11-6(10)4-5(8)9/h10H,9H2,1-8H3;6H,5H2,1-4H3;4H2,1-3H3,(H,8,9)/p+1/t10-;6-;/m00./s1. The second kappa shape index (κ2) is 18.8. The Bertz CT molecular complexity index is 1100. The lowest BCUT2D eigenvalue weighted by Crippen LogP contribution is -2.44. The zero-order valence-electron chi connectivity index (χ0n) is 30.1. The number of likely N-dealkylation sites (N-methyl/N-ethyl adjacent to an activating group) is 1. The lowest BCUT2D eigenvalue weighted by Gasteiger charge is -2.28. The van der Waals surface area contributed by atoms with E-state index < -0.39 is 82.8 Å². The SMILES string of the molecule is C=[N+](C(=O)OC(C)(C)C)[C@@H](C)C(=O)O.CC(C)(C)OC(=O)CC(=O)O.C[C@@H](C(=O)CC(=O)OC(C)(C)C)N(C)C(=O)OC(C)(C)C.